The molecule has 0 amide bonds. The van der Waals surface area contributed by atoms with E-state index in [1.807, 2.05) is 6.92 Å². The van der Waals surface area contributed by atoms with Crippen molar-refractivity contribution in [2.24, 2.45) is 5.41 Å². The first-order valence-electron chi connectivity index (χ1n) is 12.5. The molecule has 184 valence electrons. The fourth-order valence-corrected chi connectivity index (χ4v) is 2.94. The summed E-state index contributed by atoms with van der Waals surface area (Å²) in [6, 6.07) is 0. The molecular weight excluding hydrogens is 412 g/mol. The van der Waals surface area contributed by atoms with Crippen LogP contribution in [0.2, 0.25) is 0 Å². The molecule has 0 spiro atoms. The van der Waals surface area contributed by atoms with Crippen molar-refractivity contribution in [2.45, 2.75) is 130 Å². The van der Waals surface area contributed by atoms with Crippen LogP contribution in [0.5, 0.6) is 0 Å². The Morgan fingerprint density at radius 3 is 1.07 bits per heavy atom. The molecule has 0 aliphatic rings. The summed E-state index contributed by atoms with van der Waals surface area (Å²) in [5.74, 6) is 0. The first kappa shape index (κ1) is 37.8. The maximum atomic E-state index is 9.04. The molecule has 0 aromatic heterocycles. The third-order valence-electron chi connectivity index (χ3n) is 5.50. The van der Waals surface area contributed by atoms with Gasteiger partial charge in [-0.25, -0.2) is 0 Å². The summed E-state index contributed by atoms with van der Waals surface area (Å²) in [5.41, 5.74) is -0.212. The van der Waals surface area contributed by atoms with E-state index in [-0.39, 0.29) is 40.3 Å². The number of aliphatic hydroxyl groups excluding tert-OH is 4. The Hall–Kier alpha value is 0.554. The topological polar surface area (TPSA) is 80.9 Å². The van der Waals surface area contributed by atoms with Gasteiger partial charge in [-0.1, -0.05) is 105 Å². The van der Waals surface area contributed by atoms with Crippen LogP contribution in [0, 0.1) is 5.41 Å². The van der Waals surface area contributed by atoms with E-state index in [9.17, 15) is 0 Å². The molecule has 4 N–H and O–H groups in total. The fraction of sp³-hybridized carbons (Fsp3) is 1.00. The summed E-state index contributed by atoms with van der Waals surface area (Å²) in [6.07, 6.45) is 19.0. The Bertz CT molecular complexity index is 227. The van der Waals surface area contributed by atoms with Crippen molar-refractivity contribution in [3.05, 3.63) is 0 Å². The van der Waals surface area contributed by atoms with Gasteiger partial charge in [-0.15, -0.1) is 0 Å². The average Bonchev–Trinajstić information content (AvgIpc) is 2.76. The quantitative estimate of drug-likeness (QED) is 0.142. The van der Waals surface area contributed by atoms with Gasteiger partial charge in [0.1, 0.15) is 0 Å². The average molecular weight is 469 g/mol. The van der Waals surface area contributed by atoms with Gasteiger partial charge in [0.05, 0.1) is 13.2 Å². The molecule has 0 aromatic carbocycles. The molecular formula is C25H56O4Ti. The number of aliphatic hydroxyl groups is 4. The normalized spacial score (nSPS) is 10.4. The molecule has 0 aliphatic heterocycles. The van der Waals surface area contributed by atoms with E-state index in [1.54, 1.807) is 0 Å². The number of hydrogen-bond acceptors (Lipinski definition) is 4. The molecule has 5 heteroatoms. The zero-order chi connectivity index (χ0) is 22.6. The minimum atomic E-state index is -0.212. The molecule has 0 radical (unpaired) electrons. The maximum absolute atomic E-state index is 9.04. The van der Waals surface area contributed by atoms with Crippen molar-refractivity contribution in [2.75, 3.05) is 26.4 Å². The summed E-state index contributed by atoms with van der Waals surface area (Å²) in [4.78, 5) is 0. The van der Waals surface area contributed by atoms with E-state index in [0.29, 0.717) is 13.2 Å². The van der Waals surface area contributed by atoms with Gasteiger partial charge in [0.15, 0.2) is 0 Å². The molecule has 0 saturated carbocycles. The van der Waals surface area contributed by atoms with Crippen molar-refractivity contribution in [1.82, 2.24) is 0 Å². The Labute approximate surface area is 204 Å². The van der Waals surface area contributed by atoms with Crippen LogP contribution < -0.4 is 0 Å². The van der Waals surface area contributed by atoms with Crippen LogP contribution in [-0.2, 0) is 21.7 Å². The van der Waals surface area contributed by atoms with E-state index < -0.39 is 0 Å². The number of unbranched alkanes of at least 4 members (excludes halogenated alkanes) is 11. The Balaban J connectivity index is -0.000000167. The largest absolute Gasteiger partial charge is 0.396 e. The van der Waals surface area contributed by atoms with Gasteiger partial charge in [-0.3, -0.25) is 0 Å². The van der Waals surface area contributed by atoms with Crippen LogP contribution in [0.1, 0.15) is 130 Å². The monoisotopic (exact) mass is 468 g/mol. The summed E-state index contributed by atoms with van der Waals surface area (Å²) >= 11 is 0. The summed E-state index contributed by atoms with van der Waals surface area (Å²) in [5, 5.41) is 34.9. The third-order valence-corrected chi connectivity index (χ3v) is 5.50. The Morgan fingerprint density at radius 2 is 0.800 bits per heavy atom. The molecule has 0 atom stereocenters. The zero-order valence-electron chi connectivity index (χ0n) is 20.9. The van der Waals surface area contributed by atoms with Crippen LogP contribution in [-0.4, -0.2) is 46.9 Å². The number of rotatable bonds is 18. The van der Waals surface area contributed by atoms with Gasteiger partial charge in [0.2, 0.25) is 0 Å². The molecule has 0 unspecified atom stereocenters. The molecule has 0 rings (SSSR count). The van der Waals surface area contributed by atoms with Crippen LogP contribution in [0.4, 0.5) is 0 Å². The third kappa shape index (κ3) is 30.7. The predicted octanol–water partition coefficient (Wildman–Crippen LogP) is 6.23. The maximum Gasteiger partial charge on any atom is 0.0509 e. The van der Waals surface area contributed by atoms with Crippen molar-refractivity contribution in [1.29, 1.82) is 0 Å². The second-order valence-corrected chi connectivity index (χ2v) is 8.26. The van der Waals surface area contributed by atoms with Gasteiger partial charge < -0.3 is 20.4 Å². The van der Waals surface area contributed by atoms with Crippen LogP contribution in [0.3, 0.4) is 0 Å². The molecule has 0 aliphatic carbocycles. The van der Waals surface area contributed by atoms with E-state index in [2.05, 4.69) is 20.8 Å². The van der Waals surface area contributed by atoms with Crippen LogP contribution in [0.25, 0.3) is 0 Å². The van der Waals surface area contributed by atoms with Gasteiger partial charge >= 0.3 is 0 Å². The van der Waals surface area contributed by atoms with Gasteiger partial charge in [-0.05, 0) is 25.7 Å². The second kappa shape index (κ2) is 34.2. The minimum absolute atomic E-state index is 0. The molecule has 0 bridgehead atoms. The number of hydrogen-bond donors (Lipinski definition) is 4. The molecule has 4 nitrogen and oxygen atoms in total. The van der Waals surface area contributed by atoms with Crippen LogP contribution in [0.15, 0.2) is 0 Å². The van der Waals surface area contributed by atoms with Gasteiger partial charge in [0.25, 0.3) is 0 Å². The standard InChI is InChI=1S/C9H20O2.2C8H18O.Ti/c1-3-5-6-9(4-2,7-10)8-11;2*1-2-3-4-5-6-7-8-9;/h10-11H,3-8H2,1-2H3;2*9H,2-8H2,1H3;. The Kier molecular flexibility index (Phi) is 43.1. The Morgan fingerprint density at radius 1 is 0.467 bits per heavy atom. The van der Waals surface area contributed by atoms with Crippen molar-refractivity contribution in [3.63, 3.8) is 0 Å². The summed E-state index contributed by atoms with van der Waals surface area (Å²) in [6.45, 7) is 9.52. The van der Waals surface area contributed by atoms with E-state index >= 15 is 0 Å². The first-order valence-corrected chi connectivity index (χ1v) is 12.5. The molecule has 0 saturated heterocycles. The second-order valence-electron chi connectivity index (χ2n) is 8.26. The molecule has 30 heavy (non-hydrogen) atoms. The molecule has 0 heterocycles. The van der Waals surface area contributed by atoms with Crippen LogP contribution >= 0.6 is 0 Å². The molecule has 0 fully saturated rings. The zero-order valence-corrected chi connectivity index (χ0v) is 22.5. The van der Waals surface area contributed by atoms with Crippen molar-refractivity contribution < 1.29 is 42.1 Å². The first-order chi connectivity index (χ1) is 14.1. The van der Waals surface area contributed by atoms with Gasteiger partial charge in [-0.2, -0.15) is 0 Å². The van der Waals surface area contributed by atoms with E-state index in [0.717, 1.165) is 38.5 Å². The smallest absolute Gasteiger partial charge is 0.0509 e. The minimum Gasteiger partial charge on any atom is -0.396 e. The summed E-state index contributed by atoms with van der Waals surface area (Å²) in [7, 11) is 0. The van der Waals surface area contributed by atoms with E-state index in [4.69, 9.17) is 20.4 Å². The summed E-state index contributed by atoms with van der Waals surface area (Å²) < 4.78 is 0. The fourth-order valence-electron chi connectivity index (χ4n) is 2.94. The van der Waals surface area contributed by atoms with E-state index in [1.165, 1.54) is 64.2 Å². The SMILES string of the molecule is CCCCC(CC)(CO)CO.CCCCCCCCO.CCCCCCCCO.[Ti]. The molecule has 0 aromatic rings. The van der Waals surface area contributed by atoms with Crippen molar-refractivity contribution in [3.8, 4) is 0 Å². The van der Waals surface area contributed by atoms with Gasteiger partial charge in [0, 0.05) is 40.3 Å². The van der Waals surface area contributed by atoms with Crippen molar-refractivity contribution >= 4 is 0 Å². The predicted molar refractivity (Wildman–Crippen MR) is 127 cm³/mol.